The molecule has 4 atom stereocenters. The molecule has 2 aliphatic heterocycles. The third kappa shape index (κ3) is 1.82. The van der Waals surface area contributed by atoms with Gasteiger partial charge in [0.2, 0.25) is 0 Å². The first kappa shape index (κ1) is 10.4. The number of aliphatic hydroxyl groups excluding tert-OH is 3. The third-order valence-electron chi connectivity index (χ3n) is 2.37. The van der Waals surface area contributed by atoms with Gasteiger partial charge in [0.05, 0.1) is 12.8 Å². The molecule has 0 saturated carbocycles. The Morgan fingerprint density at radius 3 is 2.73 bits per heavy atom. The van der Waals surface area contributed by atoms with Crippen LogP contribution in [0, 0.1) is 0 Å². The molecular weight excluding hydrogens is 202 g/mol. The number of hydrogen-bond donors (Lipinski definition) is 4. The number of aliphatic hydroxyl groups is 3. The van der Waals surface area contributed by atoms with E-state index in [1.165, 1.54) is 11.2 Å². The van der Waals surface area contributed by atoms with E-state index in [0.29, 0.717) is 0 Å². The lowest BCUT2D eigenvalue weighted by molar-refractivity contribution is -0.0968. The van der Waals surface area contributed by atoms with Gasteiger partial charge in [0.15, 0.2) is 6.23 Å². The molecule has 2 rings (SSSR count). The Balaban J connectivity index is 2.04. The topological polar surface area (TPSA) is 97.6 Å². The predicted molar refractivity (Wildman–Crippen MR) is 50.4 cm³/mol. The second kappa shape index (κ2) is 4.15. The van der Waals surface area contributed by atoms with E-state index in [9.17, 15) is 10.2 Å². The van der Waals surface area contributed by atoms with Crippen LogP contribution in [0.25, 0.3) is 0 Å². The van der Waals surface area contributed by atoms with Crippen molar-refractivity contribution >= 4 is 6.21 Å². The van der Waals surface area contributed by atoms with Gasteiger partial charge in [0, 0.05) is 6.20 Å². The summed E-state index contributed by atoms with van der Waals surface area (Å²) in [6.07, 6.45) is 1.10. The summed E-state index contributed by atoms with van der Waals surface area (Å²) in [5.41, 5.74) is 2.59. The molecule has 0 amide bonds. The van der Waals surface area contributed by atoms with Crippen molar-refractivity contribution in [3.05, 3.63) is 12.3 Å². The van der Waals surface area contributed by atoms with E-state index in [0.717, 1.165) is 0 Å². The Hall–Kier alpha value is -1.15. The fourth-order valence-electron chi connectivity index (χ4n) is 1.56. The fraction of sp³-hybridized carbons (Fsp3) is 0.625. The minimum absolute atomic E-state index is 0.338. The molecule has 1 unspecified atom stereocenters. The maximum Gasteiger partial charge on any atom is 0.178 e. The van der Waals surface area contributed by atoms with Crippen molar-refractivity contribution in [3.63, 3.8) is 0 Å². The molecule has 84 valence electrons. The first-order chi connectivity index (χ1) is 7.24. The Kier molecular flexibility index (Phi) is 2.87. The summed E-state index contributed by atoms with van der Waals surface area (Å²) in [6.45, 7) is -0.338. The zero-order valence-electron chi connectivity index (χ0n) is 7.89. The molecule has 0 aromatic carbocycles. The predicted octanol–water partition coefficient (Wildman–Crippen LogP) is -2.25. The number of allylic oxidation sites excluding steroid dienone is 1. The lowest BCUT2D eigenvalue weighted by atomic mass is 10.1. The molecule has 7 heteroatoms. The first-order valence-corrected chi connectivity index (χ1v) is 4.60. The molecule has 0 radical (unpaired) electrons. The van der Waals surface area contributed by atoms with Crippen molar-refractivity contribution in [1.29, 1.82) is 0 Å². The second-order valence-corrected chi connectivity index (χ2v) is 3.36. The van der Waals surface area contributed by atoms with Crippen LogP contribution in [0.3, 0.4) is 0 Å². The highest BCUT2D eigenvalue weighted by Gasteiger charge is 2.45. The van der Waals surface area contributed by atoms with E-state index in [4.69, 9.17) is 9.84 Å². The van der Waals surface area contributed by atoms with Crippen LogP contribution >= 0.6 is 0 Å². The number of hydrazine groups is 1. The van der Waals surface area contributed by atoms with Gasteiger partial charge in [-0.1, -0.05) is 0 Å². The van der Waals surface area contributed by atoms with Crippen molar-refractivity contribution in [2.75, 3.05) is 6.61 Å². The molecule has 1 fully saturated rings. The minimum atomic E-state index is -1.10. The summed E-state index contributed by atoms with van der Waals surface area (Å²) < 4.78 is 5.26. The largest absolute Gasteiger partial charge is 0.394 e. The molecule has 15 heavy (non-hydrogen) atoms. The standard InChI is InChI=1S/C8H13N3O4/c12-4-5-6(13)7(14)8(15-5)11-3-1-2-9-10-11/h1-3,5-8,10,12-14H,4H2/t5-,6-,7+,8?/m1/s1. The lowest BCUT2D eigenvalue weighted by Crippen LogP contribution is -2.47. The Bertz CT molecular complexity index is 283. The normalized spacial score (nSPS) is 39.5. The van der Waals surface area contributed by atoms with Gasteiger partial charge in [-0.2, -0.15) is 5.10 Å². The fourth-order valence-corrected chi connectivity index (χ4v) is 1.56. The molecule has 7 nitrogen and oxygen atoms in total. The van der Waals surface area contributed by atoms with E-state index >= 15 is 0 Å². The van der Waals surface area contributed by atoms with Crippen LogP contribution < -0.4 is 5.53 Å². The van der Waals surface area contributed by atoms with Crippen LogP contribution in [-0.4, -0.2) is 57.7 Å². The molecule has 4 N–H and O–H groups in total. The molecule has 0 aromatic heterocycles. The van der Waals surface area contributed by atoms with E-state index < -0.39 is 24.5 Å². The van der Waals surface area contributed by atoms with Gasteiger partial charge in [0.25, 0.3) is 0 Å². The average molecular weight is 215 g/mol. The summed E-state index contributed by atoms with van der Waals surface area (Å²) in [6, 6.07) is 0. The molecular formula is C8H13N3O4. The highest BCUT2D eigenvalue weighted by molar-refractivity contribution is 5.71. The highest BCUT2D eigenvalue weighted by atomic mass is 16.6. The SMILES string of the molecule is OC[C@H]1OC(N2C=CC=NN2)[C@@H](O)[C@@H]1O. The van der Waals surface area contributed by atoms with Crippen molar-refractivity contribution in [1.82, 2.24) is 10.5 Å². The van der Waals surface area contributed by atoms with Gasteiger partial charge in [-0.3, -0.25) is 0 Å². The maximum atomic E-state index is 9.66. The minimum Gasteiger partial charge on any atom is -0.394 e. The Morgan fingerprint density at radius 2 is 2.20 bits per heavy atom. The van der Waals surface area contributed by atoms with Gasteiger partial charge in [-0.15, -0.1) is 0 Å². The third-order valence-corrected chi connectivity index (χ3v) is 2.37. The van der Waals surface area contributed by atoms with E-state index in [-0.39, 0.29) is 6.61 Å². The van der Waals surface area contributed by atoms with Crippen LogP contribution in [0.5, 0.6) is 0 Å². The van der Waals surface area contributed by atoms with E-state index in [1.54, 1.807) is 12.3 Å². The Morgan fingerprint density at radius 1 is 1.40 bits per heavy atom. The van der Waals surface area contributed by atoms with Crippen LogP contribution in [0.4, 0.5) is 0 Å². The van der Waals surface area contributed by atoms with Gasteiger partial charge >= 0.3 is 0 Å². The van der Waals surface area contributed by atoms with Crippen LogP contribution in [0.15, 0.2) is 17.4 Å². The van der Waals surface area contributed by atoms with Crippen molar-refractivity contribution < 1.29 is 20.1 Å². The molecule has 2 aliphatic rings. The van der Waals surface area contributed by atoms with Crippen molar-refractivity contribution in [2.45, 2.75) is 24.5 Å². The van der Waals surface area contributed by atoms with Crippen LogP contribution in [-0.2, 0) is 4.74 Å². The summed E-state index contributed by atoms with van der Waals surface area (Å²) in [4.78, 5) is 0. The second-order valence-electron chi connectivity index (χ2n) is 3.36. The van der Waals surface area contributed by atoms with E-state index in [1.807, 2.05) is 0 Å². The molecule has 0 bridgehead atoms. The summed E-state index contributed by atoms with van der Waals surface area (Å²) in [7, 11) is 0. The number of nitrogens with one attached hydrogen (secondary N) is 1. The molecule has 2 heterocycles. The molecule has 1 saturated heterocycles. The number of hydrogen-bond acceptors (Lipinski definition) is 7. The number of hydrazone groups is 1. The monoisotopic (exact) mass is 215 g/mol. The summed E-state index contributed by atoms with van der Waals surface area (Å²) >= 11 is 0. The summed E-state index contributed by atoms with van der Waals surface area (Å²) in [5, 5.41) is 33.2. The number of nitrogens with zero attached hydrogens (tertiary/aromatic N) is 2. The van der Waals surface area contributed by atoms with Gasteiger partial charge in [-0.05, 0) is 6.08 Å². The quantitative estimate of drug-likeness (QED) is 0.415. The average Bonchev–Trinajstić information content (AvgIpc) is 2.57. The van der Waals surface area contributed by atoms with Crippen LogP contribution in [0.1, 0.15) is 0 Å². The number of rotatable bonds is 2. The van der Waals surface area contributed by atoms with Crippen LogP contribution in [0.2, 0.25) is 0 Å². The maximum absolute atomic E-state index is 9.66. The number of ether oxygens (including phenoxy) is 1. The molecule has 0 aromatic rings. The zero-order chi connectivity index (χ0) is 10.8. The highest BCUT2D eigenvalue weighted by Crippen LogP contribution is 2.23. The zero-order valence-corrected chi connectivity index (χ0v) is 7.89. The lowest BCUT2D eigenvalue weighted by Gasteiger charge is -2.28. The van der Waals surface area contributed by atoms with E-state index in [2.05, 4.69) is 10.6 Å². The van der Waals surface area contributed by atoms with Gasteiger partial charge in [-0.25, -0.2) is 10.5 Å². The molecule has 0 aliphatic carbocycles. The van der Waals surface area contributed by atoms with Crippen molar-refractivity contribution in [3.8, 4) is 0 Å². The van der Waals surface area contributed by atoms with Crippen molar-refractivity contribution in [2.24, 2.45) is 5.10 Å². The van der Waals surface area contributed by atoms with Gasteiger partial charge < -0.3 is 20.1 Å². The van der Waals surface area contributed by atoms with Gasteiger partial charge in [0.1, 0.15) is 18.3 Å². The molecule has 0 spiro atoms. The first-order valence-electron chi connectivity index (χ1n) is 4.60. The smallest absolute Gasteiger partial charge is 0.178 e. The Labute approximate surface area is 86.2 Å². The summed E-state index contributed by atoms with van der Waals surface area (Å²) in [5.74, 6) is 0.